The van der Waals surface area contributed by atoms with E-state index in [9.17, 15) is 18.0 Å². The number of benzene rings is 1. The van der Waals surface area contributed by atoms with E-state index in [0.717, 1.165) is 12.1 Å². The first kappa shape index (κ1) is 15.3. The minimum absolute atomic E-state index is 0.0736. The third-order valence-corrected chi connectivity index (χ3v) is 2.66. The van der Waals surface area contributed by atoms with Crippen LogP contribution >= 0.6 is 11.6 Å². The van der Waals surface area contributed by atoms with Gasteiger partial charge in [0.1, 0.15) is 6.07 Å². The first-order valence-corrected chi connectivity index (χ1v) is 5.63. The van der Waals surface area contributed by atoms with Crippen molar-refractivity contribution in [2.45, 2.75) is 19.5 Å². The van der Waals surface area contributed by atoms with E-state index >= 15 is 0 Å². The molecule has 3 nitrogen and oxygen atoms in total. The number of carbonyl (C=O) groups is 1. The van der Waals surface area contributed by atoms with Crippen LogP contribution < -0.4 is 0 Å². The zero-order valence-electron chi connectivity index (χ0n) is 9.84. The summed E-state index contributed by atoms with van der Waals surface area (Å²) in [6, 6.07) is 3.77. The molecule has 19 heavy (non-hydrogen) atoms. The highest BCUT2D eigenvalue weighted by Crippen LogP contribution is 2.39. The van der Waals surface area contributed by atoms with Gasteiger partial charge in [-0.25, -0.2) is 0 Å². The summed E-state index contributed by atoms with van der Waals surface area (Å²) in [6.07, 6.45) is -5.29. The predicted molar refractivity (Wildman–Crippen MR) is 61.5 cm³/mol. The molecule has 0 bridgehead atoms. The highest BCUT2D eigenvalue weighted by atomic mass is 35.5. The number of nitrogens with zero attached hydrogens (tertiary/aromatic N) is 1. The van der Waals surface area contributed by atoms with Crippen molar-refractivity contribution in [3.05, 3.63) is 33.8 Å². The second kappa shape index (κ2) is 5.93. The summed E-state index contributed by atoms with van der Waals surface area (Å²) in [6.45, 7) is 1.62. The lowest BCUT2D eigenvalue weighted by atomic mass is 10.0. The van der Waals surface area contributed by atoms with Crippen molar-refractivity contribution in [2.24, 2.45) is 0 Å². The molecule has 0 aliphatic rings. The maximum absolute atomic E-state index is 12.9. The van der Waals surface area contributed by atoms with E-state index in [1.165, 1.54) is 0 Å². The fraction of sp³-hybridized carbons (Fsp3) is 0.333. The van der Waals surface area contributed by atoms with Gasteiger partial charge in [0.2, 0.25) is 0 Å². The van der Waals surface area contributed by atoms with Gasteiger partial charge in [-0.1, -0.05) is 17.7 Å². The Hall–Kier alpha value is -1.74. The molecule has 0 unspecified atom stereocenters. The van der Waals surface area contributed by atoms with Crippen molar-refractivity contribution in [2.75, 3.05) is 6.61 Å². The zero-order valence-corrected chi connectivity index (χ0v) is 10.6. The maximum atomic E-state index is 12.9. The third kappa shape index (κ3) is 3.61. The van der Waals surface area contributed by atoms with Crippen LogP contribution in [0.5, 0.6) is 0 Å². The standard InChI is InChI=1S/C12H9ClF3NO2/c1-2-19-9(18)5-7-3-4-8(6-17)11(13)10(7)12(14,15)16/h3-4H,2,5H2,1H3. The predicted octanol–water partition coefficient (Wildman–Crippen LogP) is 3.34. The third-order valence-electron chi connectivity index (χ3n) is 2.27. The fourth-order valence-electron chi connectivity index (χ4n) is 1.52. The van der Waals surface area contributed by atoms with Gasteiger partial charge in [-0.15, -0.1) is 0 Å². The molecule has 0 aliphatic carbocycles. The van der Waals surface area contributed by atoms with E-state index in [4.69, 9.17) is 16.9 Å². The van der Waals surface area contributed by atoms with Gasteiger partial charge in [0.25, 0.3) is 0 Å². The maximum Gasteiger partial charge on any atom is 0.418 e. The van der Waals surface area contributed by atoms with Gasteiger partial charge >= 0.3 is 12.1 Å². The van der Waals surface area contributed by atoms with E-state index in [-0.39, 0.29) is 17.7 Å². The molecule has 0 heterocycles. The van der Waals surface area contributed by atoms with Gasteiger partial charge in [0.05, 0.1) is 29.2 Å². The SMILES string of the molecule is CCOC(=O)Cc1ccc(C#N)c(Cl)c1C(F)(F)F. The molecular formula is C12H9ClF3NO2. The first-order chi connectivity index (χ1) is 8.81. The van der Waals surface area contributed by atoms with Crippen LogP contribution in [0.15, 0.2) is 12.1 Å². The second-order valence-electron chi connectivity index (χ2n) is 3.55. The molecule has 0 spiro atoms. The quantitative estimate of drug-likeness (QED) is 0.803. The lowest BCUT2D eigenvalue weighted by molar-refractivity contribution is -0.143. The van der Waals surface area contributed by atoms with Crippen molar-refractivity contribution < 1.29 is 22.7 Å². The molecule has 102 valence electrons. The number of esters is 1. The van der Waals surface area contributed by atoms with E-state index in [1.54, 1.807) is 13.0 Å². The van der Waals surface area contributed by atoms with Crippen LogP contribution in [0.2, 0.25) is 5.02 Å². The van der Waals surface area contributed by atoms with Crippen LogP contribution in [0.25, 0.3) is 0 Å². The lowest BCUT2D eigenvalue weighted by Crippen LogP contribution is -2.15. The molecule has 0 aromatic heterocycles. The largest absolute Gasteiger partial charge is 0.466 e. The van der Waals surface area contributed by atoms with E-state index in [2.05, 4.69) is 4.74 Å². The van der Waals surface area contributed by atoms with Gasteiger partial charge in [-0.3, -0.25) is 4.79 Å². The molecule has 0 saturated heterocycles. The van der Waals surface area contributed by atoms with Crippen molar-refractivity contribution in [1.82, 2.24) is 0 Å². The van der Waals surface area contributed by atoms with Crippen molar-refractivity contribution in [3.63, 3.8) is 0 Å². The summed E-state index contributed by atoms with van der Waals surface area (Å²) in [5, 5.41) is 7.97. The molecule has 0 N–H and O–H groups in total. The van der Waals surface area contributed by atoms with Crippen LogP contribution in [0.3, 0.4) is 0 Å². The van der Waals surface area contributed by atoms with Crippen LogP contribution in [0.4, 0.5) is 13.2 Å². The van der Waals surface area contributed by atoms with E-state index < -0.39 is 29.2 Å². The molecule has 1 aromatic carbocycles. The summed E-state index contributed by atoms with van der Waals surface area (Å²) in [5.41, 5.74) is -1.77. The Kier molecular flexibility index (Phi) is 4.78. The van der Waals surface area contributed by atoms with E-state index in [0.29, 0.717) is 0 Å². The van der Waals surface area contributed by atoms with Gasteiger partial charge < -0.3 is 4.74 Å². The van der Waals surface area contributed by atoms with Crippen LogP contribution in [0, 0.1) is 11.3 Å². The van der Waals surface area contributed by atoms with Crippen LogP contribution in [-0.2, 0) is 22.1 Å². The Labute approximate surface area is 112 Å². The van der Waals surface area contributed by atoms with Gasteiger partial charge in [-0.2, -0.15) is 18.4 Å². The fourth-order valence-corrected chi connectivity index (χ4v) is 1.86. The lowest BCUT2D eigenvalue weighted by Gasteiger charge is -2.15. The molecule has 0 radical (unpaired) electrons. The number of hydrogen-bond donors (Lipinski definition) is 0. The number of carbonyl (C=O) groups excluding carboxylic acids is 1. The van der Waals surface area contributed by atoms with Gasteiger partial charge in [-0.05, 0) is 18.6 Å². The summed E-state index contributed by atoms with van der Waals surface area (Å²) >= 11 is 5.56. The smallest absolute Gasteiger partial charge is 0.418 e. The number of nitriles is 1. The van der Waals surface area contributed by atoms with Gasteiger partial charge in [0.15, 0.2) is 0 Å². The van der Waals surface area contributed by atoms with E-state index in [1.807, 2.05) is 0 Å². The Balaban J connectivity index is 3.29. The topological polar surface area (TPSA) is 50.1 Å². The number of rotatable bonds is 3. The van der Waals surface area contributed by atoms with Crippen molar-refractivity contribution >= 4 is 17.6 Å². The molecule has 0 saturated carbocycles. The van der Waals surface area contributed by atoms with Gasteiger partial charge in [0, 0.05) is 0 Å². The Morgan fingerprint density at radius 1 is 1.47 bits per heavy atom. The van der Waals surface area contributed by atoms with Crippen LogP contribution in [-0.4, -0.2) is 12.6 Å². The molecule has 0 amide bonds. The van der Waals surface area contributed by atoms with Crippen molar-refractivity contribution in [3.8, 4) is 6.07 Å². The minimum atomic E-state index is -4.74. The first-order valence-electron chi connectivity index (χ1n) is 5.25. The molecule has 0 atom stereocenters. The summed E-state index contributed by atoms with van der Waals surface area (Å²) in [4.78, 5) is 11.3. The molecule has 0 aliphatic heterocycles. The summed E-state index contributed by atoms with van der Waals surface area (Å²) in [7, 11) is 0. The Morgan fingerprint density at radius 3 is 2.58 bits per heavy atom. The number of halogens is 4. The number of alkyl halides is 3. The summed E-state index contributed by atoms with van der Waals surface area (Å²) in [5.74, 6) is -0.784. The summed E-state index contributed by atoms with van der Waals surface area (Å²) < 4.78 is 43.3. The average Bonchev–Trinajstić information content (AvgIpc) is 2.27. The van der Waals surface area contributed by atoms with Crippen molar-refractivity contribution in [1.29, 1.82) is 5.26 Å². The second-order valence-corrected chi connectivity index (χ2v) is 3.93. The molecule has 1 aromatic rings. The molecule has 7 heteroatoms. The zero-order chi connectivity index (χ0) is 14.6. The normalized spacial score (nSPS) is 10.9. The monoisotopic (exact) mass is 291 g/mol. The highest BCUT2D eigenvalue weighted by molar-refractivity contribution is 6.32. The molecule has 1 rings (SSSR count). The Morgan fingerprint density at radius 2 is 2.11 bits per heavy atom. The number of hydrogen-bond acceptors (Lipinski definition) is 3. The van der Waals surface area contributed by atoms with Crippen LogP contribution in [0.1, 0.15) is 23.6 Å². The highest BCUT2D eigenvalue weighted by Gasteiger charge is 2.37. The number of ether oxygens (including phenoxy) is 1. The Bertz CT molecular complexity index is 535. The molecule has 0 fully saturated rings. The minimum Gasteiger partial charge on any atom is -0.466 e. The molecular weight excluding hydrogens is 283 g/mol. The average molecular weight is 292 g/mol.